The lowest BCUT2D eigenvalue weighted by molar-refractivity contribution is 0.0704. The Balaban J connectivity index is 1.67. The molecule has 2 N–H and O–H groups in total. The molecule has 9 nitrogen and oxygen atoms in total. The van der Waals surface area contributed by atoms with E-state index < -0.39 is 34.5 Å². The van der Waals surface area contributed by atoms with Crippen molar-refractivity contribution in [3.8, 4) is 17.2 Å². The van der Waals surface area contributed by atoms with Crippen LogP contribution in [0, 0.1) is 11.6 Å². The number of aromatic nitrogens is 2. The molecule has 0 saturated carbocycles. The number of aromatic amines is 1. The van der Waals surface area contributed by atoms with E-state index in [2.05, 4.69) is 4.98 Å². The predicted octanol–water partition coefficient (Wildman–Crippen LogP) is 3.12. The number of H-pyrrole nitrogens is 1. The summed E-state index contributed by atoms with van der Waals surface area (Å²) in [6.45, 7) is 0.674. The van der Waals surface area contributed by atoms with Crippen molar-refractivity contribution in [3.63, 3.8) is 0 Å². The van der Waals surface area contributed by atoms with E-state index in [1.54, 1.807) is 11.0 Å². The van der Waals surface area contributed by atoms with Gasteiger partial charge in [-0.1, -0.05) is 6.07 Å². The van der Waals surface area contributed by atoms with E-state index in [0.717, 1.165) is 17.4 Å². The van der Waals surface area contributed by atoms with Crippen molar-refractivity contribution in [1.82, 2.24) is 9.55 Å². The molecule has 4 aromatic rings. The SMILES string of the molecule is COc1cc(F)c(-n2c(=O)[nH]c3csc(C(=O)O)c3c2=O)cc1CN1CCOc2cccc(F)c21. The average molecular weight is 501 g/mol. The van der Waals surface area contributed by atoms with Gasteiger partial charge in [-0.25, -0.2) is 22.9 Å². The van der Waals surface area contributed by atoms with Crippen LogP contribution < -0.4 is 25.6 Å². The highest BCUT2D eigenvalue weighted by Crippen LogP contribution is 2.36. The minimum Gasteiger partial charge on any atom is -0.496 e. The molecular weight excluding hydrogens is 484 g/mol. The maximum atomic E-state index is 15.1. The highest BCUT2D eigenvalue weighted by molar-refractivity contribution is 7.13. The molecule has 35 heavy (non-hydrogen) atoms. The van der Waals surface area contributed by atoms with Gasteiger partial charge in [0.15, 0.2) is 5.82 Å². The Labute approximate surface area is 199 Å². The molecular formula is C23H17F2N3O6S. The van der Waals surface area contributed by atoms with Crippen LogP contribution in [0.5, 0.6) is 11.5 Å². The number of hydrogen-bond acceptors (Lipinski definition) is 7. The first-order chi connectivity index (χ1) is 16.8. The van der Waals surface area contributed by atoms with Crippen LogP contribution in [0.4, 0.5) is 14.5 Å². The van der Waals surface area contributed by atoms with Gasteiger partial charge in [-0.2, -0.15) is 0 Å². The Morgan fingerprint density at radius 3 is 2.80 bits per heavy atom. The van der Waals surface area contributed by atoms with Crippen LogP contribution in [0.3, 0.4) is 0 Å². The number of hydrogen-bond donors (Lipinski definition) is 2. The van der Waals surface area contributed by atoms with Gasteiger partial charge in [0.1, 0.15) is 34.5 Å². The number of nitrogens with zero attached hydrogens (tertiary/aromatic N) is 2. The maximum absolute atomic E-state index is 15.1. The molecule has 1 aliphatic rings. The molecule has 0 atom stereocenters. The lowest BCUT2D eigenvalue weighted by Gasteiger charge is -2.32. The highest BCUT2D eigenvalue weighted by Gasteiger charge is 2.25. The first kappa shape index (κ1) is 22.6. The zero-order valence-electron chi connectivity index (χ0n) is 18.1. The summed E-state index contributed by atoms with van der Waals surface area (Å²) in [5.41, 5.74) is -1.65. The fourth-order valence-electron chi connectivity index (χ4n) is 4.15. The van der Waals surface area contributed by atoms with Gasteiger partial charge in [0.05, 0.1) is 30.2 Å². The molecule has 0 spiro atoms. The summed E-state index contributed by atoms with van der Waals surface area (Å²) < 4.78 is 41.1. The second kappa shape index (κ2) is 8.55. The first-order valence-corrected chi connectivity index (χ1v) is 11.2. The van der Waals surface area contributed by atoms with Crippen LogP contribution in [-0.4, -0.2) is 40.9 Å². The minimum atomic E-state index is -1.34. The van der Waals surface area contributed by atoms with Crippen molar-refractivity contribution in [1.29, 1.82) is 0 Å². The Morgan fingerprint density at radius 1 is 1.26 bits per heavy atom. The van der Waals surface area contributed by atoms with Gasteiger partial charge in [-0.3, -0.25) is 4.79 Å². The van der Waals surface area contributed by atoms with Gasteiger partial charge in [-0.05, 0) is 18.2 Å². The van der Waals surface area contributed by atoms with Crippen molar-refractivity contribution in [2.45, 2.75) is 6.54 Å². The first-order valence-electron chi connectivity index (χ1n) is 10.3. The normalized spacial score (nSPS) is 12.9. The van der Waals surface area contributed by atoms with Gasteiger partial charge in [0, 0.05) is 23.6 Å². The molecule has 0 radical (unpaired) electrons. The number of carboxylic acid groups (broad SMARTS) is 1. The molecule has 2 aromatic heterocycles. The van der Waals surface area contributed by atoms with Gasteiger partial charge in [-0.15, -0.1) is 11.3 Å². The van der Waals surface area contributed by atoms with E-state index in [4.69, 9.17) is 9.47 Å². The van der Waals surface area contributed by atoms with E-state index in [-0.39, 0.29) is 33.8 Å². The maximum Gasteiger partial charge on any atom is 0.346 e. The minimum absolute atomic E-state index is 0.0493. The van der Waals surface area contributed by atoms with Gasteiger partial charge < -0.3 is 24.5 Å². The Bertz CT molecular complexity index is 1610. The van der Waals surface area contributed by atoms with Crippen molar-refractivity contribution >= 4 is 33.9 Å². The molecule has 0 fully saturated rings. The third kappa shape index (κ3) is 3.71. The molecule has 3 heterocycles. The average Bonchev–Trinajstić information content (AvgIpc) is 3.25. The Hall–Kier alpha value is -4.19. The van der Waals surface area contributed by atoms with E-state index in [0.29, 0.717) is 29.0 Å². The van der Waals surface area contributed by atoms with Crippen LogP contribution in [0.15, 0.2) is 45.3 Å². The predicted molar refractivity (Wildman–Crippen MR) is 124 cm³/mol. The number of benzene rings is 2. The second-order valence-electron chi connectivity index (χ2n) is 7.70. The number of carbonyl (C=O) groups is 1. The number of ether oxygens (including phenoxy) is 2. The fraction of sp³-hybridized carbons (Fsp3) is 0.174. The number of methoxy groups -OCH3 is 1. The van der Waals surface area contributed by atoms with Crippen molar-refractivity contribution in [2.75, 3.05) is 25.2 Å². The van der Waals surface area contributed by atoms with Gasteiger partial charge in [0.2, 0.25) is 0 Å². The van der Waals surface area contributed by atoms with Crippen LogP contribution in [-0.2, 0) is 6.54 Å². The zero-order valence-corrected chi connectivity index (χ0v) is 18.9. The van der Waals surface area contributed by atoms with Crippen molar-refractivity contribution in [3.05, 3.63) is 78.6 Å². The summed E-state index contributed by atoms with van der Waals surface area (Å²) in [6, 6.07) is 6.74. The van der Waals surface area contributed by atoms with Crippen molar-refractivity contribution < 1.29 is 28.2 Å². The second-order valence-corrected chi connectivity index (χ2v) is 8.58. The highest BCUT2D eigenvalue weighted by atomic mass is 32.1. The molecule has 0 unspecified atom stereocenters. The quantitative estimate of drug-likeness (QED) is 0.432. The largest absolute Gasteiger partial charge is 0.496 e. The number of fused-ring (bicyclic) bond motifs is 2. The number of anilines is 1. The molecule has 0 bridgehead atoms. The Morgan fingerprint density at radius 2 is 2.06 bits per heavy atom. The van der Waals surface area contributed by atoms with E-state index in [1.165, 1.54) is 30.7 Å². The molecule has 1 aliphatic heterocycles. The number of aromatic carboxylic acids is 1. The number of nitrogens with one attached hydrogen (secondary N) is 1. The number of thiophene rings is 1. The lowest BCUT2D eigenvalue weighted by Crippen LogP contribution is -2.35. The summed E-state index contributed by atoms with van der Waals surface area (Å²) in [6.07, 6.45) is 0. The number of para-hydroxylation sites is 1. The summed E-state index contributed by atoms with van der Waals surface area (Å²) in [4.78, 5) is 41.3. The fourth-order valence-corrected chi connectivity index (χ4v) is 4.97. The lowest BCUT2D eigenvalue weighted by atomic mass is 10.1. The molecule has 0 aliphatic carbocycles. The van der Waals surface area contributed by atoms with Crippen LogP contribution >= 0.6 is 11.3 Å². The zero-order chi connectivity index (χ0) is 24.9. The van der Waals surface area contributed by atoms with Crippen LogP contribution in [0.1, 0.15) is 15.2 Å². The van der Waals surface area contributed by atoms with Crippen LogP contribution in [0.25, 0.3) is 16.6 Å². The van der Waals surface area contributed by atoms with Crippen molar-refractivity contribution in [2.24, 2.45) is 0 Å². The molecule has 5 rings (SSSR count). The third-order valence-corrected chi connectivity index (χ3v) is 6.65. The monoisotopic (exact) mass is 501 g/mol. The molecule has 0 saturated heterocycles. The summed E-state index contributed by atoms with van der Waals surface area (Å²) in [5, 5.41) is 10.5. The van der Waals surface area contributed by atoms with E-state index >= 15 is 4.39 Å². The molecule has 180 valence electrons. The summed E-state index contributed by atoms with van der Waals surface area (Å²) >= 11 is 0.778. The standard InChI is InChI=1S/C23H17F2N3O6S/c1-33-17-8-13(25)15(28-21(29)18-14(26-23(28)32)10-35-20(18)22(30)31)7-11(17)9-27-5-6-34-16-4-2-3-12(24)19(16)27/h2-4,7-8,10H,5-6,9H2,1H3,(H,26,32)(H,30,31). The number of carboxylic acids is 1. The number of rotatable bonds is 5. The Kier molecular flexibility index (Phi) is 5.52. The molecule has 12 heteroatoms. The van der Waals surface area contributed by atoms with Crippen LogP contribution in [0.2, 0.25) is 0 Å². The summed E-state index contributed by atoms with van der Waals surface area (Å²) in [7, 11) is 1.33. The van der Waals surface area contributed by atoms with E-state index in [1.807, 2.05) is 0 Å². The molecule has 0 amide bonds. The van der Waals surface area contributed by atoms with Gasteiger partial charge >= 0.3 is 11.7 Å². The third-order valence-electron chi connectivity index (χ3n) is 5.68. The summed E-state index contributed by atoms with van der Waals surface area (Å²) in [5.74, 6) is -2.29. The van der Waals surface area contributed by atoms with Gasteiger partial charge in [0.25, 0.3) is 5.56 Å². The smallest absolute Gasteiger partial charge is 0.346 e. The number of halogens is 2. The topological polar surface area (TPSA) is 114 Å². The molecule has 2 aromatic carbocycles. The van der Waals surface area contributed by atoms with E-state index in [9.17, 15) is 23.9 Å².